The van der Waals surface area contributed by atoms with Crippen molar-refractivity contribution < 1.29 is 13.2 Å². The van der Waals surface area contributed by atoms with Crippen molar-refractivity contribution in [1.29, 1.82) is 0 Å². The Morgan fingerprint density at radius 3 is 2.44 bits per heavy atom. The van der Waals surface area contributed by atoms with Gasteiger partial charge in [-0.3, -0.25) is 0 Å². The standard InChI is InChI=1S/C11H21F3N2/c1-10(4-7-15-8-5-10)9-16-6-2-3-11(12,13)14/h15-16H,2-9H2,1H3. The highest BCUT2D eigenvalue weighted by atomic mass is 19.4. The smallest absolute Gasteiger partial charge is 0.317 e. The average Bonchev–Trinajstić information content (AvgIpc) is 2.16. The number of hydrogen-bond donors (Lipinski definition) is 2. The van der Waals surface area contributed by atoms with E-state index < -0.39 is 12.6 Å². The summed E-state index contributed by atoms with van der Waals surface area (Å²) in [6.45, 7) is 5.52. The fourth-order valence-corrected chi connectivity index (χ4v) is 2.01. The molecule has 96 valence electrons. The molecule has 0 spiro atoms. The van der Waals surface area contributed by atoms with E-state index in [4.69, 9.17) is 0 Å². The highest BCUT2D eigenvalue weighted by Gasteiger charge is 2.27. The second-order valence-electron chi connectivity index (χ2n) is 4.96. The highest BCUT2D eigenvalue weighted by Crippen LogP contribution is 2.26. The first-order chi connectivity index (χ1) is 7.41. The molecule has 1 aliphatic rings. The van der Waals surface area contributed by atoms with E-state index in [9.17, 15) is 13.2 Å². The number of nitrogens with one attached hydrogen (secondary N) is 2. The van der Waals surface area contributed by atoms with Crippen LogP contribution >= 0.6 is 0 Å². The van der Waals surface area contributed by atoms with Crippen molar-refractivity contribution in [3.63, 3.8) is 0 Å². The lowest BCUT2D eigenvalue weighted by Gasteiger charge is -2.34. The Morgan fingerprint density at radius 2 is 1.88 bits per heavy atom. The van der Waals surface area contributed by atoms with Crippen LogP contribution in [0.4, 0.5) is 13.2 Å². The lowest BCUT2D eigenvalue weighted by molar-refractivity contribution is -0.135. The molecular formula is C11H21F3N2. The third-order valence-electron chi connectivity index (χ3n) is 3.18. The lowest BCUT2D eigenvalue weighted by atomic mass is 9.81. The summed E-state index contributed by atoms with van der Waals surface area (Å²) >= 11 is 0. The second kappa shape index (κ2) is 5.87. The number of hydrogen-bond acceptors (Lipinski definition) is 2. The molecule has 1 saturated heterocycles. The van der Waals surface area contributed by atoms with Gasteiger partial charge in [0.2, 0.25) is 0 Å². The van der Waals surface area contributed by atoms with E-state index in [1.807, 2.05) is 0 Å². The van der Waals surface area contributed by atoms with Crippen molar-refractivity contribution >= 4 is 0 Å². The van der Waals surface area contributed by atoms with Crippen LogP contribution in [0.3, 0.4) is 0 Å². The highest BCUT2D eigenvalue weighted by molar-refractivity contribution is 4.82. The van der Waals surface area contributed by atoms with Gasteiger partial charge in [-0.1, -0.05) is 6.92 Å². The van der Waals surface area contributed by atoms with Crippen LogP contribution < -0.4 is 10.6 Å². The molecule has 0 atom stereocenters. The average molecular weight is 238 g/mol. The van der Waals surface area contributed by atoms with E-state index in [-0.39, 0.29) is 11.8 Å². The summed E-state index contributed by atoms with van der Waals surface area (Å²) in [6.07, 6.45) is -2.32. The minimum atomic E-state index is -4.01. The Kier molecular flexibility index (Phi) is 5.05. The topological polar surface area (TPSA) is 24.1 Å². The summed E-state index contributed by atoms with van der Waals surface area (Å²) in [7, 11) is 0. The molecule has 0 aromatic carbocycles. The molecule has 0 saturated carbocycles. The van der Waals surface area contributed by atoms with Crippen LogP contribution in [0.1, 0.15) is 32.6 Å². The minimum Gasteiger partial charge on any atom is -0.317 e. The maximum Gasteiger partial charge on any atom is 0.389 e. The zero-order chi connectivity index (χ0) is 12.1. The van der Waals surface area contributed by atoms with Gasteiger partial charge in [-0.2, -0.15) is 13.2 Å². The van der Waals surface area contributed by atoms with Gasteiger partial charge >= 0.3 is 6.18 Å². The van der Waals surface area contributed by atoms with Crippen LogP contribution in [0.2, 0.25) is 0 Å². The van der Waals surface area contributed by atoms with E-state index in [0.717, 1.165) is 32.5 Å². The summed E-state index contributed by atoms with van der Waals surface area (Å²) in [6, 6.07) is 0. The zero-order valence-electron chi connectivity index (χ0n) is 9.79. The molecule has 5 heteroatoms. The Morgan fingerprint density at radius 1 is 1.25 bits per heavy atom. The fourth-order valence-electron chi connectivity index (χ4n) is 2.01. The molecule has 2 nitrogen and oxygen atoms in total. The second-order valence-corrected chi connectivity index (χ2v) is 4.96. The van der Waals surface area contributed by atoms with E-state index in [1.54, 1.807) is 0 Å². The predicted octanol–water partition coefficient (Wildman–Crippen LogP) is 2.31. The maximum atomic E-state index is 11.9. The van der Waals surface area contributed by atoms with Gasteiger partial charge in [0, 0.05) is 13.0 Å². The normalized spacial score (nSPS) is 21.0. The van der Waals surface area contributed by atoms with Crippen molar-refractivity contribution in [2.24, 2.45) is 5.41 Å². The van der Waals surface area contributed by atoms with Gasteiger partial charge < -0.3 is 10.6 Å². The molecular weight excluding hydrogens is 217 g/mol. The van der Waals surface area contributed by atoms with E-state index >= 15 is 0 Å². The van der Waals surface area contributed by atoms with Gasteiger partial charge in [0.25, 0.3) is 0 Å². The maximum absolute atomic E-state index is 11.9. The third kappa shape index (κ3) is 5.70. The van der Waals surface area contributed by atoms with Crippen molar-refractivity contribution in [3.8, 4) is 0 Å². The molecule has 0 aromatic heterocycles. The molecule has 0 radical (unpaired) electrons. The fraction of sp³-hybridized carbons (Fsp3) is 1.00. The first-order valence-corrected chi connectivity index (χ1v) is 5.90. The summed E-state index contributed by atoms with van der Waals surface area (Å²) in [5.41, 5.74) is 0.253. The van der Waals surface area contributed by atoms with Gasteiger partial charge in [0.05, 0.1) is 0 Å². The van der Waals surface area contributed by atoms with Crippen LogP contribution in [-0.4, -0.2) is 32.4 Å². The number of halogens is 3. The molecule has 0 bridgehead atoms. The monoisotopic (exact) mass is 238 g/mol. The molecule has 0 unspecified atom stereocenters. The predicted molar refractivity (Wildman–Crippen MR) is 58.4 cm³/mol. The number of piperidine rings is 1. The molecule has 1 fully saturated rings. The molecule has 2 N–H and O–H groups in total. The Hall–Kier alpha value is -0.290. The first-order valence-electron chi connectivity index (χ1n) is 5.90. The minimum absolute atomic E-state index is 0.178. The van der Waals surface area contributed by atoms with Crippen molar-refractivity contribution in [3.05, 3.63) is 0 Å². The Balaban J connectivity index is 2.06. The molecule has 16 heavy (non-hydrogen) atoms. The van der Waals surface area contributed by atoms with Gasteiger partial charge in [-0.15, -0.1) is 0 Å². The SMILES string of the molecule is CC1(CNCCCC(F)(F)F)CCNCC1. The molecule has 0 aromatic rings. The van der Waals surface area contributed by atoms with Crippen LogP contribution in [-0.2, 0) is 0 Å². The number of alkyl halides is 3. The third-order valence-corrected chi connectivity index (χ3v) is 3.18. The summed E-state index contributed by atoms with van der Waals surface area (Å²) < 4.78 is 35.6. The lowest BCUT2D eigenvalue weighted by Crippen LogP contribution is -2.41. The van der Waals surface area contributed by atoms with Crippen molar-refractivity contribution in [2.75, 3.05) is 26.2 Å². The Labute approximate surface area is 95.0 Å². The van der Waals surface area contributed by atoms with Crippen LogP contribution in [0, 0.1) is 5.41 Å². The summed E-state index contributed by atoms with van der Waals surface area (Å²) in [5, 5.41) is 6.43. The van der Waals surface area contributed by atoms with Gasteiger partial charge in [0.1, 0.15) is 0 Å². The van der Waals surface area contributed by atoms with Crippen LogP contribution in [0.5, 0.6) is 0 Å². The quantitative estimate of drug-likeness (QED) is 0.718. The van der Waals surface area contributed by atoms with Crippen molar-refractivity contribution in [1.82, 2.24) is 10.6 Å². The molecule has 0 aliphatic carbocycles. The van der Waals surface area contributed by atoms with E-state index in [0.29, 0.717) is 6.54 Å². The molecule has 1 rings (SSSR count). The molecule has 0 amide bonds. The Bertz CT molecular complexity index is 198. The van der Waals surface area contributed by atoms with Crippen LogP contribution in [0.15, 0.2) is 0 Å². The van der Waals surface area contributed by atoms with Gasteiger partial charge in [0.15, 0.2) is 0 Å². The molecule has 1 aliphatic heterocycles. The first kappa shape index (κ1) is 13.8. The zero-order valence-corrected chi connectivity index (χ0v) is 9.79. The largest absolute Gasteiger partial charge is 0.389 e. The van der Waals surface area contributed by atoms with Crippen LogP contribution in [0.25, 0.3) is 0 Å². The van der Waals surface area contributed by atoms with Crippen molar-refractivity contribution in [2.45, 2.75) is 38.8 Å². The van der Waals surface area contributed by atoms with E-state index in [1.165, 1.54) is 0 Å². The van der Waals surface area contributed by atoms with E-state index in [2.05, 4.69) is 17.6 Å². The van der Waals surface area contributed by atoms with Gasteiger partial charge in [-0.25, -0.2) is 0 Å². The van der Waals surface area contributed by atoms with Gasteiger partial charge in [-0.05, 0) is 44.3 Å². The number of rotatable bonds is 5. The summed E-state index contributed by atoms with van der Waals surface area (Å²) in [4.78, 5) is 0. The summed E-state index contributed by atoms with van der Waals surface area (Å²) in [5.74, 6) is 0. The molecule has 1 heterocycles.